The van der Waals surface area contributed by atoms with E-state index in [0.717, 1.165) is 11.3 Å². The largest absolute Gasteiger partial charge is 0.383 e. The molecule has 2 rings (SSSR count). The van der Waals surface area contributed by atoms with Gasteiger partial charge in [-0.3, -0.25) is 0 Å². The molecule has 0 heterocycles. The van der Waals surface area contributed by atoms with Gasteiger partial charge in [-0.25, -0.2) is 0 Å². The normalized spacial score (nSPS) is 13.9. The van der Waals surface area contributed by atoms with Crippen LogP contribution in [0.15, 0.2) is 48.5 Å². The fourth-order valence-corrected chi connectivity index (χ4v) is 3.63. The van der Waals surface area contributed by atoms with Crippen molar-refractivity contribution >= 4 is 11.8 Å². The molecule has 2 aromatic rings. The molecule has 0 fully saturated rings. The van der Waals surface area contributed by atoms with Gasteiger partial charge in [-0.1, -0.05) is 59.7 Å². The van der Waals surface area contributed by atoms with Gasteiger partial charge in [-0.2, -0.15) is 11.8 Å². The van der Waals surface area contributed by atoms with Gasteiger partial charge in [0.05, 0.1) is 0 Å². The first-order valence-corrected chi connectivity index (χ1v) is 8.32. The number of aryl methyl sites for hydroxylation is 2. The van der Waals surface area contributed by atoms with Crippen molar-refractivity contribution in [1.82, 2.24) is 0 Å². The van der Waals surface area contributed by atoms with Crippen molar-refractivity contribution < 1.29 is 5.11 Å². The summed E-state index contributed by atoms with van der Waals surface area (Å²) in [4.78, 5) is 0. The molecule has 0 radical (unpaired) electrons. The quantitative estimate of drug-likeness (QED) is 0.860. The lowest BCUT2D eigenvalue weighted by Crippen LogP contribution is -2.37. The van der Waals surface area contributed by atoms with Crippen molar-refractivity contribution in [3.63, 3.8) is 0 Å². The van der Waals surface area contributed by atoms with Gasteiger partial charge in [0.25, 0.3) is 0 Å². The molecule has 0 amide bonds. The van der Waals surface area contributed by atoms with Gasteiger partial charge in [0.15, 0.2) is 0 Å². The lowest BCUT2D eigenvalue weighted by atomic mass is 9.96. The van der Waals surface area contributed by atoms with Crippen LogP contribution in [0.3, 0.4) is 0 Å². The predicted molar refractivity (Wildman–Crippen MR) is 91.5 cm³/mol. The van der Waals surface area contributed by atoms with E-state index in [1.807, 2.05) is 30.3 Å². The molecule has 0 saturated carbocycles. The van der Waals surface area contributed by atoms with Crippen LogP contribution in [0, 0.1) is 13.8 Å². The lowest BCUT2D eigenvalue weighted by molar-refractivity contribution is 0.0721. The summed E-state index contributed by atoms with van der Waals surface area (Å²) < 4.78 is 0. The highest BCUT2D eigenvalue weighted by Crippen LogP contribution is 2.27. The van der Waals surface area contributed by atoms with Crippen molar-refractivity contribution in [3.8, 4) is 0 Å². The molecule has 112 valence electrons. The van der Waals surface area contributed by atoms with Crippen molar-refractivity contribution in [2.75, 3.05) is 12.3 Å². The van der Waals surface area contributed by atoms with Crippen LogP contribution in [-0.4, -0.2) is 17.4 Å². The Hall–Kier alpha value is -1.29. The zero-order valence-corrected chi connectivity index (χ0v) is 13.5. The molecule has 3 heteroatoms. The summed E-state index contributed by atoms with van der Waals surface area (Å²) in [5.41, 5.74) is 9.60. The van der Waals surface area contributed by atoms with E-state index < -0.39 is 5.60 Å². The number of aliphatic hydroxyl groups is 1. The number of benzene rings is 2. The van der Waals surface area contributed by atoms with Crippen molar-refractivity contribution in [3.05, 3.63) is 70.8 Å². The summed E-state index contributed by atoms with van der Waals surface area (Å²) in [5.74, 6) is 1.48. The van der Waals surface area contributed by atoms with E-state index in [1.165, 1.54) is 16.7 Å². The van der Waals surface area contributed by atoms with Crippen LogP contribution in [0.4, 0.5) is 0 Å². The maximum atomic E-state index is 10.7. The summed E-state index contributed by atoms with van der Waals surface area (Å²) in [6.45, 7) is 4.46. The molecule has 21 heavy (non-hydrogen) atoms. The molecule has 0 bridgehead atoms. The minimum Gasteiger partial charge on any atom is -0.383 e. The second-order valence-electron chi connectivity index (χ2n) is 5.59. The second-order valence-corrected chi connectivity index (χ2v) is 6.58. The molecule has 0 aliphatic heterocycles. The minimum absolute atomic E-state index is 0.233. The molecule has 1 atom stereocenters. The Morgan fingerprint density at radius 1 is 1.05 bits per heavy atom. The zero-order valence-electron chi connectivity index (χ0n) is 12.7. The number of hydrogen-bond acceptors (Lipinski definition) is 3. The first-order valence-electron chi connectivity index (χ1n) is 7.16. The van der Waals surface area contributed by atoms with Gasteiger partial charge >= 0.3 is 0 Å². The van der Waals surface area contributed by atoms with E-state index in [1.54, 1.807) is 11.8 Å². The van der Waals surface area contributed by atoms with E-state index in [-0.39, 0.29) is 6.54 Å². The zero-order chi connectivity index (χ0) is 15.3. The Kier molecular flexibility index (Phi) is 5.45. The highest BCUT2D eigenvalue weighted by molar-refractivity contribution is 7.98. The van der Waals surface area contributed by atoms with E-state index in [0.29, 0.717) is 5.75 Å². The minimum atomic E-state index is -0.954. The molecule has 1 unspecified atom stereocenters. The highest BCUT2D eigenvalue weighted by Gasteiger charge is 2.27. The maximum absolute atomic E-state index is 10.7. The van der Waals surface area contributed by atoms with E-state index in [2.05, 4.69) is 32.0 Å². The number of hydrogen-bond donors (Lipinski definition) is 2. The van der Waals surface area contributed by atoms with Crippen molar-refractivity contribution in [2.24, 2.45) is 5.73 Å². The Labute approximate surface area is 131 Å². The molecule has 2 nitrogen and oxygen atoms in total. The Balaban J connectivity index is 2.00. The molecule has 0 saturated heterocycles. The Bertz CT molecular complexity index is 565. The van der Waals surface area contributed by atoms with Crippen LogP contribution in [0.2, 0.25) is 0 Å². The van der Waals surface area contributed by atoms with Crippen LogP contribution in [0.1, 0.15) is 22.3 Å². The van der Waals surface area contributed by atoms with Crippen LogP contribution in [-0.2, 0) is 11.4 Å². The van der Waals surface area contributed by atoms with E-state index in [9.17, 15) is 5.11 Å². The standard InChI is InChI=1S/C18H23NOS/c1-14-8-15(2)10-16(9-14)11-21-13-18(20,12-19)17-6-4-3-5-7-17/h3-10,20H,11-13,19H2,1-2H3. The van der Waals surface area contributed by atoms with Gasteiger partial charge in [-0.05, 0) is 25.0 Å². The third kappa shape index (κ3) is 4.34. The molecule has 3 N–H and O–H groups in total. The number of rotatable bonds is 6. The predicted octanol–water partition coefficient (Wildman–Crippen LogP) is 3.38. The van der Waals surface area contributed by atoms with Gasteiger partial charge < -0.3 is 10.8 Å². The SMILES string of the molecule is Cc1cc(C)cc(CSCC(O)(CN)c2ccccc2)c1. The molecule has 0 aliphatic rings. The topological polar surface area (TPSA) is 46.2 Å². The van der Waals surface area contributed by atoms with Crippen molar-refractivity contribution in [1.29, 1.82) is 0 Å². The molecule has 2 aromatic carbocycles. The van der Waals surface area contributed by atoms with Crippen LogP contribution < -0.4 is 5.73 Å². The molecular weight excluding hydrogens is 278 g/mol. The summed E-state index contributed by atoms with van der Waals surface area (Å²) in [6.07, 6.45) is 0. The van der Waals surface area contributed by atoms with E-state index >= 15 is 0 Å². The fraction of sp³-hybridized carbons (Fsp3) is 0.333. The molecular formula is C18H23NOS. The van der Waals surface area contributed by atoms with Gasteiger partial charge in [-0.15, -0.1) is 0 Å². The highest BCUT2D eigenvalue weighted by atomic mass is 32.2. The van der Waals surface area contributed by atoms with E-state index in [4.69, 9.17) is 5.73 Å². The summed E-state index contributed by atoms with van der Waals surface area (Å²) >= 11 is 1.72. The molecule has 0 aliphatic carbocycles. The first-order chi connectivity index (χ1) is 10.0. The Morgan fingerprint density at radius 2 is 1.67 bits per heavy atom. The van der Waals surface area contributed by atoms with Crippen LogP contribution in [0.5, 0.6) is 0 Å². The summed E-state index contributed by atoms with van der Waals surface area (Å²) in [6, 6.07) is 16.3. The molecule has 0 spiro atoms. The lowest BCUT2D eigenvalue weighted by Gasteiger charge is -2.26. The summed E-state index contributed by atoms with van der Waals surface area (Å²) in [5, 5.41) is 10.7. The fourth-order valence-electron chi connectivity index (χ4n) is 2.50. The van der Waals surface area contributed by atoms with Crippen LogP contribution >= 0.6 is 11.8 Å². The average Bonchev–Trinajstić information content (AvgIpc) is 2.47. The van der Waals surface area contributed by atoms with Gasteiger partial charge in [0.1, 0.15) is 5.60 Å². The first kappa shape index (κ1) is 16.1. The second kappa shape index (κ2) is 7.12. The average molecular weight is 301 g/mol. The molecule has 0 aromatic heterocycles. The summed E-state index contributed by atoms with van der Waals surface area (Å²) in [7, 11) is 0. The maximum Gasteiger partial charge on any atom is 0.111 e. The van der Waals surface area contributed by atoms with Crippen LogP contribution in [0.25, 0.3) is 0 Å². The number of nitrogens with two attached hydrogens (primary N) is 1. The van der Waals surface area contributed by atoms with Crippen molar-refractivity contribution in [2.45, 2.75) is 25.2 Å². The Morgan fingerprint density at radius 3 is 2.24 bits per heavy atom. The van der Waals surface area contributed by atoms with Gasteiger partial charge in [0, 0.05) is 18.1 Å². The monoisotopic (exact) mass is 301 g/mol. The smallest absolute Gasteiger partial charge is 0.111 e. The third-order valence-corrected chi connectivity index (χ3v) is 4.76. The number of thioether (sulfide) groups is 1. The van der Waals surface area contributed by atoms with Gasteiger partial charge in [0.2, 0.25) is 0 Å². The third-order valence-electron chi connectivity index (χ3n) is 3.54.